The van der Waals surface area contributed by atoms with Gasteiger partial charge < -0.3 is 10.1 Å². The van der Waals surface area contributed by atoms with E-state index in [0.29, 0.717) is 29.3 Å². The Morgan fingerprint density at radius 1 is 1.13 bits per heavy atom. The van der Waals surface area contributed by atoms with Gasteiger partial charge in [0.1, 0.15) is 10.2 Å². The number of thiazole rings is 1. The minimum absolute atomic E-state index is 0.161. The van der Waals surface area contributed by atoms with Gasteiger partial charge in [-0.2, -0.15) is 0 Å². The molecule has 0 aliphatic carbocycles. The van der Waals surface area contributed by atoms with Crippen LogP contribution in [0.5, 0.6) is 0 Å². The number of benzene rings is 2. The molecule has 0 unspecified atom stereocenters. The molecule has 3 aromatic rings. The summed E-state index contributed by atoms with van der Waals surface area (Å²) in [6.45, 7) is 2.44. The molecule has 0 fully saturated rings. The molecule has 0 radical (unpaired) electrons. The maximum Gasteiger partial charge on any atom is 0.338 e. The SMILES string of the molecule is CCCCOC(=O)c1ccc(NC(=O)Cc2csc(SCc3ccc(F)cc3)n2)cc1. The van der Waals surface area contributed by atoms with Crippen molar-refractivity contribution in [3.8, 4) is 0 Å². The number of aromatic nitrogens is 1. The zero-order valence-corrected chi connectivity index (χ0v) is 18.7. The third-order valence-corrected chi connectivity index (χ3v) is 6.42. The molecule has 0 aliphatic heterocycles. The highest BCUT2D eigenvalue weighted by Crippen LogP contribution is 2.26. The monoisotopic (exact) mass is 458 g/mol. The van der Waals surface area contributed by atoms with Crippen molar-refractivity contribution < 1.29 is 18.7 Å². The average Bonchev–Trinajstić information content (AvgIpc) is 3.21. The molecule has 1 heterocycles. The normalized spacial score (nSPS) is 10.6. The Labute approximate surface area is 189 Å². The summed E-state index contributed by atoms with van der Waals surface area (Å²) in [7, 11) is 0. The zero-order valence-electron chi connectivity index (χ0n) is 17.1. The van der Waals surface area contributed by atoms with Crippen molar-refractivity contribution in [3.63, 3.8) is 0 Å². The summed E-state index contributed by atoms with van der Waals surface area (Å²) in [4.78, 5) is 28.7. The van der Waals surface area contributed by atoms with E-state index in [1.54, 1.807) is 48.2 Å². The molecule has 8 heteroatoms. The van der Waals surface area contributed by atoms with E-state index in [2.05, 4.69) is 10.3 Å². The van der Waals surface area contributed by atoms with E-state index in [1.165, 1.54) is 23.5 Å². The number of hydrogen-bond donors (Lipinski definition) is 1. The number of halogens is 1. The highest BCUT2D eigenvalue weighted by molar-refractivity contribution is 8.00. The summed E-state index contributed by atoms with van der Waals surface area (Å²) >= 11 is 3.03. The van der Waals surface area contributed by atoms with Crippen LogP contribution in [-0.4, -0.2) is 23.5 Å². The number of nitrogens with zero attached hydrogens (tertiary/aromatic N) is 1. The van der Waals surface area contributed by atoms with Gasteiger partial charge in [0.25, 0.3) is 0 Å². The molecule has 2 aromatic carbocycles. The molecule has 0 atom stereocenters. The standard InChI is InChI=1S/C23H23FN2O3S2/c1-2-3-12-29-22(28)17-6-10-19(11-7-17)25-21(27)13-20-15-31-23(26-20)30-14-16-4-8-18(24)9-5-16/h4-11,15H,2-3,12-14H2,1H3,(H,25,27). The van der Waals surface area contributed by atoms with Crippen LogP contribution < -0.4 is 5.32 Å². The number of amides is 1. The Morgan fingerprint density at radius 3 is 2.58 bits per heavy atom. The number of hydrogen-bond acceptors (Lipinski definition) is 6. The Bertz CT molecular complexity index is 1000. The number of esters is 1. The molecule has 1 aromatic heterocycles. The molecule has 0 saturated heterocycles. The highest BCUT2D eigenvalue weighted by Gasteiger charge is 2.11. The van der Waals surface area contributed by atoms with Crippen LogP contribution in [0, 0.1) is 5.82 Å². The van der Waals surface area contributed by atoms with Gasteiger partial charge in [-0.05, 0) is 48.4 Å². The maximum atomic E-state index is 13.0. The lowest BCUT2D eigenvalue weighted by Gasteiger charge is -2.06. The first-order valence-corrected chi connectivity index (χ1v) is 11.8. The van der Waals surface area contributed by atoms with E-state index in [9.17, 15) is 14.0 Å². The fourth-order valence-corrected chi connectivity index (χ4v) is 4.41. The second-order valence-electron chi connectivity index (χ2n) is 6.81. The van der Waals surface area contributed by atoms with E-state index in [4.69, 9.17) is 4.74 Å². The molecule has 0 aliphatic rings. The van der Waals surface area contributed by atoms with E-state index >= 15 is 0 Å². The van der Waals surface area contributed by atoms with Crippen molar-refractivity contribution in [1.82, 2.24) is 4.98 Å². The minimum Gasteiger partial charge on any atom is -0.462 e. The lowest BCUT2D eigenvalue weighted by atomic mass is 10.2. The van der Waals surface area contributed by atoms with Crippen LogP contribution in [0.2, 0.25) is 0 Å². The summed E-state index contributed by atoms with van der Waals surface area (Å²) in [5, 5.41) is 4.68. The van der Waals surface area contributed by atoms with E-state index in [0.717, 1.165) is 22.7 Å². The number of thioether (sulfide) groups is 1. The zero-order chi connectivity index (χ0) is 22.1. The lowest BCUT2D eigenvalue weighted by Crippen LogP contribution is -2.14. The molecule has 31 heavy (non-hydrogen) atoms. The Balaban J connectivity index is 1.46. The first-order chi connectivity index (χ1) is 15.0. The number of anilines is 1. The van der Waals surface area contributed by atoms with Crippen molar-refractivity contribution >= 4 is 40.7 Å². The van der Waals surface area contributed by atoms with Gasteiger partial charge in [-0.15, -0.1) is 11.3 Å². The van der Waals surface area contributed by atoms with Crippen LogP contribution in [0.3, 0.4) is 0 Å². The molecular weight excluding hydrogens is 435 g/mol. The van der Waals surface area contributed by atoms with Gasteiger partial charge in [-0.3, -0.25) is 4.79 Å². The van der Waals surface area contributed by atoms with Crippen LogP contribution >= 0.6 is 23.1 Å². The number of unbranched alkanes of at least 4 members (excludes halogenated alkanes) is 1. The molecule has 1 N–H and O–H groups in total. The Hall–Kier alpha value is -2.71. The third kappa shape index (κ3) is 7.48. The predicted octanol–water partition coefficient (Wildman–Crippen LogP) is 5.71. The van der Waals surface area contributed by atoms with Crippen LogP contribution in [0.4, 0.5) is 10.1 Å². The molecule has 5 nitrogen and oxygen atoms in total. The number of carbonyl (C=O) groups is 2. The molecular formula is C23H23FN2O3S2. The van der Waals surface area contributed by atoms with E-state index in [-0.39, 0.29) is 24.1 Å². The predicted molar refractivity (Wildman–Crippen MR) is 122 cm³/mol. The van der Waals surface area contributed by atoms with Gasteiger partial charge in [0.2, 0.25) is 5.91 Å². The quantitative estimate of drug-likeness (QED) is 0.239. The summed E-state index contributed by atoms with van der Waals surface area (Å²) in [5.41, 5.74) is 2.77. The van der Waals surface area contributed by atoms with Crippen LogP contribution in [-0.2, 0) is 21.7 Å². The second-order valence-corrected chi connectivity index (χ2v) is 8.89. The van der Waals surface area contributed by atoms with Crippen LogP contribution in [0.15, 0.2) is 58.3 Å². The van der Waals surface area contributed by atoms with Crippen LogP contribution in [0.1, 0.15) is 41.4 Å². The van der Waals surface area contributed by atoms with Crippen molar-refractivity contribution in [2.45, 2.75) is 36.3 Å². The Morgan fingerprint density at radius 2 is 1.87 bits per heavy atom. The smallest absolute Gasteiger partial charge is 0.338 e. The molecule has 3 rings (SSSR count). The fraction of sp³-hybridized carbons (Fsp3) is 0.261. The summed E-state index contributed by atoms with van der Waals surface area (Å²) in [6.07, 6.45) is 1.96. The van der Waals surface area contributed by atoms with Gasteiger partial charge in [0.05, 0.1) is 24.3 Å². The number of nitrogens with one attached hydrogen (secondary N) is 1. The Kier molecular flexibility index (Phi) is 8.61. The third-order valence-electron chi connectivity index (χ3n) is 4.28. The van der Waals surface area contributed by atoms with Gasteiger partial charge in [-0.25, -0.2) is 14.2 Å². The molecule has 1 amide bonds. The van der Waals surface area contributed by atoms with Crippen molar-refractivity contribution in [2.75, 3.05) is 11.9 Å². The van der Waals surface area contributed by atoms with Gasteiger partial charge in [0, 0.05) is 16.8 Å². The second kappa shape index (κ2) is 11.6. The average molecular weight is 459 g/mol. The fourth-order valence-electron chi connectivity index (χ4n) is 2.61. The van der Waals surface area contributed by atoms with Crippen molar-refractivity contribution in [2.24, 2.45) is 0 Å². The molecule has 0 saturated carbocycles. The highest BCUT2D eigenvalue weighted by atomic mass is 32.2. The largest absolute Gasteiger partial charge is 0.462 e. The minimum atomic E-state index is -0.362. The van der Waals surface area contributed by atoms with Crippen molar-refractivity contribution in [3.05, 3.63) is 76.5 Å². The van der Waals surface area contributed by atoms with E-state index < -0.39 is 0 Å². The van der Waals surface area contributed by atoms with Gasteiger partial charge in [-0.1, -0.05) is 37.2 Å². The van der Waals surface area contributed by atoms with Gasteiger partial charge >= 0.3 is 5.97 Å². The number of ether oxygens (including phenoxy) is 1. The first-order valence-electron chi connectivity index (χ1n) is 9.92. The number of rotatable bonds is 10. The van der Waals surface area contributed by atoms with E-state index in [1.807, 2.05) is 12.3 Å². The summed E-state index contributed by atoms with van der Waals surface area (Å²) < 4.78 is 19.0. The van der Waals surface area contributed by atoms with Crippen LogP contribution in [0.25, 0.3) is 0 Å². The molecule has 0 bridgehead atoms. The number of carbonyl (C=O) groups excluding carboxylic acids is 2. The molecule has 0 spiro atoms. The lowest BCUT2D eigenvalue weighted by molar-refractivity contribution is -0.115. The van der Waals surface area contributed by atoms with Gasteiger partial charge in [0.15, 0.2) is 0 Å². The van der Waals surface area contributed by atoms with Crippen molar-refractivity contribution in [1.29, 1.82) is 0 Å². The molecule has 162 valence electrons. The summed E-state index contributed by atoms with van der Waals surface area (Å²) in [6, 6.07) is 13.0. The maximum absolute atomic E-state index is 13.0. The summed E-state index contributed by atoms with van der Waals surface area (Å²) in [5.74, 6) is -0.108. The topological polar surface area (TPSA) is 68.3 Å². The first kappa shape index (κ1) is 23.0.